The first-order valence-corrected chi connectivity index (χ1v) is 19.3. The third-order valence-corrected chi connectivity index (χ3v) is 10.6. The summed E-state index contributed by atoms with van der Waals surface area (Å²) in [5, 5.41) is 27.9. The van der Waals surface area contributed by atoms with Gasteiger partial charge in [-0.3, -0.25) is 9.59 Å². The highest BCUT2D eigenvalue weighted by molar-refractivity contribution is 5.98. The lowest BCUT2D eigenvalue weighted by atomic mass is 9.84. The van der Waals surface area contributed by atoms with Crippen LogP contribution >= 0.6 is 0 Å². The SMILES string of the molecule is COc1ccc(C(CC(=O)NCC(c2ccc(N(C)C)cc2)c2c[nH]c3ccccc23)c2c(O)cc3c(c2O)C(=O)O[C@@H](C)CCCC(=O)CCCC=C3)cc1. The van der Waals surface area contributed by atoms with E-state index in [0.717, 1.165) is 27.7 Å². The minimum atomic E-state index is -0.856. The lowest BCUT2D eigenvalue weighted by molar-refractivity contribution is -0.121. The Morgan fingerprint density at radius 2 is 1.66 bits per heavy atom. The van der Waals surface area contributed by atoms with E-state index in [1.807, 2.05) is 49.5 Å². The lowest BCUT2D eigenvalue weighted by Crippen LogP contribution is -2.30. The number of H-pyrrole nitrogens is 1. The summed E-state index contributed by atoms with van der Waals surface area (Å²) in [5.74, 6) is -2.06. The predicted molar refractivity (Wildman–Crippen MR) is 220 cm³/mol. The van der Waals surface area contributed by atoms with Gasteiger partial charge in [-0.2, -0.15) is 0 Å². The molecule has 0 saturated carbocycles. The molecule has 2 heterocycles. The van der Waals surface area contributed by atoms with E-state index >= 15 is 0 Å². The van der Waals surface area contributed by atoms with Gasteiger partial charge in [0.15, 0.2) is 0 Å². The number of cyclic esters (lactones) is 1. The van der Waals surface area contributed by atoms with Gasteiger partial charge in [0, 0.05) is 80.1 Å². The number of amides is 1. The molecule has 292 valence electrons. The van der Waals surface area contributed by atoms with Crippen molar-refractivity contribution in [3.63, 3.8) is 0 Å². The molecule has 0 radical (unpaired) electrons. The highest BCUT2D eigenvalue weighted by Gasteiger charge is 2.31. The number of aromatic nitrogens is 1. The van der Waals surface area contributed by atoms with Crippen molar-refractivity contribution >= 4 is 40.3 Å². The molecule has 0 aliphatic carbocycles. The molecule has 3 atom stereocenters. The number of aromatic amines is 1. The molecule has 4 N–H and O–H groups in total. The van der Waals surface area contributed by atoms with Crippen molar-refractivity contribution in [1.82, 2.24) is 10.3 Å². The largest absolute Gasteiger partial charge is 0.507 e. The summed E-state index contributed by atoms with van der Waals surface area (Å²) in [7, 11) is 5.54. The number of benzene rings is 4. The number of Topliss-reactive ketones (excluding diaryl/α,β-unsaturated/α-hetero) is 1. The second-order valence-corrected chi connectivity index (χ2v) is 14.7. The van der Waals surface area contributed by atoms with E-state index in [4.69, 9.17) is 9.47 Å². The van der Waals surface area contributed by atoms with Crippen LogP contribution in [0.15, 0.2) is 91.1 Å². The van der Waals surface area contributed by atoms with Crippen molar-refractivity contribution in [3.8, 4) is 17.2 Å². The summed E-state index contributed by atoms with van der Waals surface area (Å²) in [6.45, 7) is 2.03. The zero-order chi connectivity index (χ0) is 39.8. The Balaban J connectivity index is 1.35. The van der Waals surface area contributed by atoms with E-state index in [9.17, 15) is 24.6 Å². The molecule has 0 bridgehead atoms. The number of ketones is 1. The van der Waals surface area contributed by atoms with Gasteiger partial charge in [-0.05, 0) is 91.3 Å². The third kappa shape index (κ3) is 9.25. The normalized spacial score (nSPS) is 16.3. The summed E-state index contributed by atoms with van der Waals surface area (Å²) in [4.78, 5) is 45.6. The van der Waals surface area contributed by atoms with Crippen molar-refractivity contribution in [2.45, 2.75) is 69.8 Å². The number of esters is 1. The maximum absolute atomic E-state index is 14.2. The van der Waals surface area contributed by atoms with E-state index in [0.29, 0.717) is 49.8 Å². The van der Waals surface area contributed by atoms with Gasteiger partial charge in [-0.1, -0.05) is 54.6 Å². The molecule has 0 spiro atoms. The van der Waals surface area contributed by atoms with E-state index in [1.165, 1.54) is 6.07 Å². The van der Waals surface area contributed by atoms with Crippen molar-refractivity contribution in [2.75, 3.05) is 32.6 Å². The van der Waals surface area contributed by atoms with Crippen LogP contribution in [0, 0.1) is 0 Å². The van der Waals surface area contributed by atoms with Crippen LogP contribution in [0.1, 0.15) is 102 Å². The number of aromatic hydroxyl groups is 2. The number of hydrogen-bond acceptors (Lipinski definition) is 8. The number of hydrogen-bond donors (Lipinski definition) is 4. The Morgan fingerprint density at radius 3 is 2.39 bits per heavy atom. The highest BCUT2D eigenvalue weighted by atomic mass is 16.5. The number of ether oxygens (including phenoxy) is 2. The second kappa shape index (κ2) is 18.1. The molecule has 10 heteroatoms. The van der Waals surface area contributed by atoms with E-state index in [2.05, 4.69) is 40.6 Å². The number of anilines is 1. The molecule has 10 nitrogen and oxygen atoms in total. The van der Waals surface area contributed by atoms with Crippen LogP contribution in [-0.2, 0) is 14.3 Å². The fraction of sp³-hybridized carbons (Fsp3) is 0.326. The van der Waals surface area contributed by atoms with Gasteiger partial charge in [0.1, 0.15) is 28.6 Å². The zero-order valence-corrected chi connectivity index (χ0v) is 32.5. The number of phenolic OH excluding ortho intramolecular Hbond substituents is 2. The van der Waals surface area contributed by atoms with Gasteiger partial charge in [0.2, 0.25) is 5.91 Å². The minimum Gasteiger partial charge on any atom is -0.507 e. The van der Waals surface area contributed by atoms with Gasteiger partial charge in [0.05, 0.1) is 13.2 Å². The van der Waals surface area contributed by atoms with Gasteiger partial charge in [0.25, 0.3) is 0 Å². The van der Waals surface area contributed by atoms with Gasteiger partial charge in [-0.25, -0.2) is 4.79 Å². The standard InChI is InChI=1S/C46H51N3O7/c1-29-11-10-14-34(50)13-7-5-6-12-32-25-41(51)44(45(53)43(32)46(54)56-29)37(30-19-23-35(55-4)24-20-30)26-42(52)48-27-38(31-17-21-33(22-18-31)49(2)3)39-28-47-40-16-9-8-15-36(39)40/h6,8-9,12,15-25,28-29,37-38,47,51,53H,5,7,10-11,13-14,26-27H2,1-4H3,(H,48,52)/t29-,37?,38?/m0/s1. The van der Waals surface area contributed by atoms with Crippen LogP contribution in [0.25, 0.3) is 17.0 Å². The number of carbonyl (C=O) groups excluding carboxylic acids is 3. The number of nitrogens with one attached hydrogen (secondary N) is 2. The van der Waals surface area contributed by atoms with E-state index in [1.54, 1.807) is 44.4 Å². The molecule has 1 amide bonds. The number of phenols is 2. The molecule has 1 aliphatic heterocycles. The highest BCUT2D eigenvalue weighted by Crippen LogP contribution is 2.44. The Bertz CT molecular complexity index is 2190. The average molecular weight is 758 g/mol. The van der Waals surface area contributed by atoms with Crippen molar-refractivity contribution < 1.29 is 34.1 Å². The molecule has 1 aliphatic rings. The number of para-hydroxylation sites is 1. The first kappa shape index (κ1) is 39.7. The average Bonchev–Trinajstić information content (AvgIpc) is 3.61. The summed E-state index contributed by atoms with van der Waals surface area (Å²) in [6, 6.07) is 24.8. The number of allylic oxidation sites excluding steroid dienone is 1. The molecule has 2 unspecified atom stereocenters. The first-order chi connectivity index (χ1) is 27.0. The van der Waals surface area contributed by atoms with Gasteiger partial charge < -0.3 is 34.9 Å². The maximum Gasteiger partial charge on any atom is 0.342 e. The van der Waals surface area contributed by atoms with Crippen LogP contribution in [0.3, 0.4) is 0 Å². The topological polar surface area (TPSA) is 141 Å². The number of carbonyl (C=O) groups is 3. The Kier molecular flexibility index (Phi) is 12.8. The van der Waals surface area contributed by atoms with Gasteiger partial charge >= 0.3 is 5.97 Å². The van der Waals surface area contributed by atoms with Crippen LogP contribution < -0.4 is 15.0 Å². The first-order valence-electron chi connectivity index (χ1n) is 19.3. The van der Waals surface area contributed by atoms with Crippen LogP contribution in [0.5, 0.6) is 17.2 Å². The van der Waals surface area contributed by atoms with E-state index < -0.39 is 23.7 Å². The predicted octanol–water partition coefficient (Wildman–Crippen LogP) is 8.61. The number of methoxy groups -OCH3 is 1. The molecule has 0 saturated heterocycles. The monoisotopic (exact) mass is 757 g/mol. The van der Waals surface area contributed by atoms with E-state index in [-0.39, 0.29) is 53.0 Å². The zero-order valence-electron chi connectivity index (χ0n) is 32.5. The Hall–Kier alpha value is -6.03. The van der Waals surface area contributed by atoms with Crippen LogP contribution in [-0.4, -0.2) is 66.7 Å². The molecule has 4 aromatic carbocycles. The number of fused-ring (bicyclic) bond motifs is 2. The van der Waals surface area contributed by atoms with Gasteiger partial charge in [-0.15, -0.1) is 0 Å². The Morgan fingerprint density at radius 1 is 0.964 bits per heavy atom. The summed E-state index contributed by atoms with van der Waals surface area (Å²) < 4.78 is 11.2. The quantitative estimate of drug-likeness (QED) is 0.104. The van der Waals surface area contributed by atoms with Crippen molar-refractivity contribution in [1.29, 1.82) is 0 Å². The fourth-order valence-corrected chi connectivity index (χ4v) is 7.51. The van der Waals surface area contributed by atoms with Crippen molar-refractivity contribution in [3.05, 3.63) is 125 Å². The number of rotatable bonds is 10. The minimum absolute atomic E-state index is 0.0428. The molecule has 56 heavy (non-hydrogen) atoms. The summed E-state index contributed by atoms with van der Waals surface area (Å²) in [5.41, 5.74) is 4.98. The fourth-order valence-electron chi connectivity index (χ4n) is 7.51. The Labute approximate surface area is 328 Å². The lowest BCUT2D eigenvalue weighted by Gasteiger charge is -2.24. The molecule has 5 aromatic rings. The maximum atomic E-state index is 14.2. The van der Waals surface area contributed by atoms with Crippen LogP contribution in [0.2, 0.25) is 0 Å². The number of nitrogens with zero attached hydrogens (tertiary/aromatic N) is 1. The summed E-state index contributed by atoms with van der Waals surface area (Å²) >= 11 is 0. The molecular weight excluding hydrogens is 707 g/mol. The molecule has 1 aromatic heterocycles. The molecule has 6 rings (SSSR count). The molecular formula is C46H51N3O7. The second-order valence-electron chi connectivity index (χ2n) is 14.7. The van der Waals surface area contributed by atoms with Crippen molar-refractivity contribution in [2.24, 2.45) is 0 Å². The molecule has 0 fully saturated rings. The summed E-state index contributed by atoms with van der Waals surface area (Å²) in [6.07, 6.45) is 7.97. The smallest absolute Gasteiger partial charge is 0.342 e. The third-order valence-electron chi connectivity index (χ3n) is 10.6. The van der Waals surface area contributed by atoms with Crippen LogP contribution in [0.4, 0.5) is 5.69 Å².